The van der Waals surface area contributed by atoms with Crippen molar-refractivity contribution in [2.45, 2.75) is 18.9 Å². The number of benzene rings is 3. The topological polar surface area (TPSA) is 26.3 Å². The van der Waals surface area contributed by atoms with Crippen LogP contribution in [0.1, 0.15) is 37.5 Å². The molecule has 0 unspecified atom stereocenters. The fourth-order valence-corrected chi connectivity index (χ4v) is 2.25. The highest BCUT2D eigenvalue weighted by molar-refractivity contribution is 5.89. The number of rotatable bonds is 7. The summed E-state index contributed by atoms with van der Waals surface area (Å²) in [6.07, 6.45) is -0.672. The van der Waals surface area contributed by atoms with Gasteiger partial charge in [0.2, 0.25) is 0 Å². The van der Waals surface area contributed by atoms with Crippen LogP contribution < -0.4 is 0 Å². The monoisotopic (exact) mass is 349 g/mol. The van der Waals surface area contributed by atoms with E-state index in [4.69, 9.17) is 14.3 Å². The van der Waals surface area contributed by atoms with Gasteiger partial charge < -0.3 is 4.74 Å². The quantitative estimate of drug-likeness (QED) is 0.522. The molecule has 3 rings (SSSR count). The second kappa shape index (κ2) is 9.38. The third-order valence-electron chi connectivity index (χ3n) is 3.55. The zero-order chi connectivity index (χ0) is 24.2. The van der Waals surface area contributed by atoms with Gasteiger partial charge in [0.05, 0.1) is 12.4 Å². The van der Waals surface area contributed by atoms with Crippen LogP contribution in [0.2, 0.25) is 0 Å². The van der Waals surface area contributed by atoms with Gasteiger partial charge in [-0.15, -0.1) is 0 Å². The van der Waals surface area contributed by atoms with Crippen molar-refractivity contribution in [2.24, 2.45) is 0 Å². The zero-order valence-corrected chi connectivity index (χ0v) is 14.0. The summed E-state index contributed by atoms with van der Waals surface area (Å²) in [5.41, 5.74) is 0.628. The van der Waals surface area contributed by atoms with Gasteiger partial charge in [-0.1, -0.05) is 84.8 Å². The predicted octanol–water partition coefficient (Wildman–Crippen LogP) is 5.56. The summed E-state index contributed by atoms with van der Waals surface area (Å²) in [5.74, 6) is -0.657. The highest BCUT2D eigenvalue weighted by atomic mass is 16.5. The minimum Gasteiger partial charge on any atom is -0.455 e. The molecular weight excluding hydrogens is 320 g/mol. The van der Waals surface area contributed by atoms with E-state index in [2.05, 4.69) is 0 Å². The third kappa shape index (κ3) is 5.45. The van der Waals surface area contributed by atoms with Crippen LogP contribution in [0.15, 0.2) is 97.0 Å². The molecule has 26 heavy (non-hydrogen) atoms. The Labute approximate surface area is 164 Å². The van der Waals surface area contributed by atoms with Crippen molar-refractivity contribution in [2.75, 3.05) is 0 Å². The standard InChI is InChI=1S/C24H22O2/c25-24(22-14-8-3-9-15-22)26-23(18-16-20-10-4-1-5-11-20)19-17-21-12-6-2-7-13-21/h1-16,18,23H,17,19H2/b18-16+/t23-/m0/s1/i2D,6D,7D,12D,13D,17D2. The lowest BCUT2D eigenvalue weighted by Crippen LogP contribution is -2.17. The molecule has 0 saturated carbocycles. The van der Waals surface area contributed by atoms with Crippen LogP contribution in [0, 0.1) is 0 Å². The molecular formula is C24H22O2. The number of hydrogen-bond donors (Lipinski definition) is 0. The van der Waals surface area contributed by atoms with E-state index < -0.39 is 60.6 Å². The van der Waals surface area contributed by atoms with Crippen LogP contribution in [0.25, 0.3) is 6.08 Å². The van der Waals surface area contributed by atoms with Gasteiger partial charge in [-0.2, -0.15) is 0 Å². The molecule has 1 atom stereocenters. The first-order chi connectivity index (χ1) is 15.6. The lowest BCUT2D eigenvalue weighted by atomic mass is 10.1. The highest BCUT2D eigenvalue weighted by Gasteiger charge is 2.13. The number of ether oxygens (including phenoxy) is 1. The molecule has 0 spiro atoms. The Morgan fingerprint density at radius 1 is 1.00 bits per heavy atom. The number of esters is 1. The molecule has 0 heterocycles. The summed E-state index contributed by atoms with van der Waals surface area (Å²) >= 11 is 0. The summed E-state index contributed by atoms with van der Waals surface area (Å²) in [7, 11) is 0. The van der Waals surface area contributed by atoms with E-state index in [1.807, 2.05) is 30.3 Å². The van der Waals surface area contributed by atoms with E-state index in [-0.39, 0.29) is 0 Å². The number of carbonyl (C=O) groups excluding carboxylic acids is 1. The first kappa shape index (κ1) is 10.8. The molecule has 130 valence electrons. The summed E-state index contributed by atoms with van der Waals surface area (Å²) in [4.78, 5) is 12.6. The third-order valence-corrected chi connectivity index (χ3v) is 3.55. The molecule has 2 heteroatoms. The van der Waals surface area contributed by atoms with Gasteiger partial charge in [0.25, 0.3) is 0 Å². The van der Waals surface area contributed by atoms with Crippen LogP contribution in [-0.2, 0) is 11.1 Å². The van der Waals surface area contributed by atoms with Crippen LogP contribution in [-0.4, -0.2) is 12.1 Å². The van der Waals surface area contributed by atoms with Crippen molar-refractivity contribution < 1.29 is 19.1 Å². The van der Waals surface area contributed by atoms with Crippen LogP contribution >= 0.6 is 0 Å². The molecule has 2 nitrogen and oxygen atoms in total. The normalized spacial score (nSPS) is 16.4. The largest absolute Gasteiger partial charge is 0.455 e. The highest BCUT2D eigenvalue weighted by Crippen LogP contribution is 2.13. The molecule has 0 amide bonds. The number of hydrogen-bond acceptors (Lipinski definition) is 2. The second-order valence-corrected chi connectivity index (χ2v) is 5.46. The first-order valence-electron chi connectivity index (χ1n) is 11.7. The van der Waals surface area contributed by atoms with Gasteiger partial charge in [-0.25, -0.2) is 4.79 Å². The molecule has 0 aromatic heterocycles. The summed E-state index contributed by atoms with van der Waals surface area (Å²) in [6, 6.07) is 14.4. The second-order valence-electron chi connectivity index (χ2n) is 5.46. The van der Waals surface area contributed by atoms with E-state index >= 15 is 0 Å². The van der Waals surface area contributed by atoms with Gasteiger partial charge in [0, 0.05) is 2.74 Å². The Kier molecular flexibility index (Phi) is 3.88. The Bertz CT molecular complexity index is 1130. The van der Waals surface area contributed by atoms with Gasteiger partial charge in [0.15, 0.2) is 0 Å². The summed E-state index contributed by atoms with van der Waals surface area (Å²) in [6.45, 7) is 0. The molecule has 0 fully saturated rings. The molecule has 3 aromatic rings. The van der Waals surface area contributed by atoms with E-state index in [1.165, 1.54) is 6.08 Å². The van der Waals surface area contributed by atoms with E-state index in [1.54, 1.807) is 36.4 Å². The Balaban J connectivity index is 1.96. The lowest BCUT2D eigenvalue weighted by Gasteiger charge is -2.15. The molecule has 0 saturated heterocycles. The molecule has 0 bridgehead atoms. The molecule has 0 radical (unpaired) electrons. The van der Waals surface area contributed by atoms with Crippen LogP contribution in [0.4, 0.5) is 0 Å². The van der Waals surface area contributed by atoms with Crippen molar-refractivity contribution in [3.63, 3.8) is 0 Å². The van der Waals surface area contributed by atoms with Gasteiger partial charge in [-0.3, -0.25) is 0 Å². The van der Waals surface area contributed by atoms with Crippen molar-refractivity contribution in [3.8, 4) is 0 Å². The maximum absolute atomic E-state index is 12.6. The average Bonchev–Trinajstić information content (AvgIpc) is 2.81. The Hall–Kier alpha value is -3.13. The Morgan fingerprint density at radius 3 is 2.35 bits per heavy atom. The van der Waals surface area contributed by atoms with Gasteiger partial charge in [-0.05, 0) is 42.1 Å². The van der Waals surface area contributed by atoms with E-state index in [0.717, 1.165) is 5.56 Å². The molecule has 3 aromatic carbocycles. The van der Waals surface area contributed by atoms with E-state index in [9.17, 15) is 4.79 Å². The number of carbonyl (C=O) groups is 1. The maximum Gasteiger partial charge on any atom is 0.338 e. The average molecular weight is 349 g/mol. The van der Waals surface area contributed by atoms with Gasteiger partial charge >= 0.3 is 5.97 Å². The van der Waals surface area contributed by atoms with Gasteiger partial charge in [0.1, 0.15) is 6.10 Å². The van der Waals surface area contributed by atoms with Crippen LogP contribution in [0.3, 0.4) is 0 Å². The molecule has 0 aliphatic rings. The predicted molar refractivity (Wildman–Crippen MR) is 106 cm³/mol. The van der Waals surface area contributed by atoms with Crippen molar-refractivity contribution >= 4 is 12.0 Å². The smallest absolute Gasteiger partial charge is 0.338 e. The van der Waals surface area contributed by atoms with Crippen molar-refractivity contribution in [1.29, 1.82) is 0 Å². The minimum absolute atomic E-state index is 0.291. The minimum atomic E-state index is -2.38. The fraction of sp³-hybridized carbons (Fsp3) is 0.125. The molecule has 0 N–H and O–H groups in total. The first-order valence-corrected chi connectivity index (χ1v) is 8.18. The molecule has 0 aliphatic carbocycles. The van der Waals surface area contributed by atoms with Crippen molar-refractivity contribution in [1.82, 2.24) is 0 Å². The fourth-order valence-electron chi connectivity index (χ4n) is 2.25. The zero-order valence-electron chi connectivity index (χ0n) is 21.0. The summed E-state index contributed by atoms with van der Waals surface area (Å²) in [5, 5.41) is 0. The molecule has 0 aliphatic heterocycles. The van der Waals surface area contributed by atoms with Crippen LogP contribution in [0.5, 0.6) is 0 Å². The van der Waals surface area contributed by atoms with Crippen molar-refractivity contribution in [3.05, 3.63) is 114 Å². The van der Waals surface area contributed by atoms with E-state index in [0.29, 0.717) is 5.56 Å². The SMILES string of the molecule is [2H]c1c([2H])c([2H])c(C([2H])([2H])C[C@H](/C=C/c2ccccc2)OC(=O)c2ccccc2)c([2H])c1[2H]. The maximum atomic E-state index is 12.6. The lowest BCUT2D eigenvalue weighted by molar-refractivity contribution is 0.0382. The summed E-state index contributed by atoms with van der Waals surface area (Å²) < 4.78 is 62.3. The Morgan fingerprint density at radius 2 is 1.65 bits per heavy atom.